The lowest BCUT2D eigenvalue weighted by atomic mass is 10.2. The van der Waals surface area contributed by atoms with E-state index >= 15 is 0 Å². The molecule has 0 heterocycles. The Bertz CT molecular complexity index is 828. The van der Waals surface area contributed by atoms with E-state index in [4.69, 9.17) is 0 Å². The van der Waals surface area contributed by atoms with Crippen LogP contribution in [0, 0.1) is 17.5 Å². The van der Waals surface area contributed by atoms with Crippen LogP contribution in [-0.2, 0) is 16.2 Å². The summed E-state index contributed by atoms with van der Waals surface area (Å²) >= 11 is 0. The van der Waals surface area contributed by atoms with Crippen LogP contribution in [0.1, 0.15) is 5.56 Å². The number of hydrogen-bond donors (Lipinski definition) is 1. The van der Waals surface area contributed by atoms with E-state index in [2.05, 4.69) is 0 Å². The minimum atomic E-state index is -5.03. The lowest BCUT2D eigenvalue weighted by Crippen LogP contribution is -2.15. The molecule has 23 heavy (non-hydrogen) atoms. The van der Waals surface area contributed by atoms with E-state index in [9.17, 15) is 34.8 Å². The summed E-state index contributed by atoms with van der Waals surface area (Å²) in [4.78, 5) is -0.826. The highest BCUT2D eigenvalue weighted by Crippen LogP contribution is 2.33. The van der Waals surface area contributed by atoms with Crippen molar-refractivity contribution in [3.8, 4) is 0 Å². The molecule has 0 aliphatic rings. The number of rotatable bonds is 3. The highest BCUT2D eigenvalue weighted by atomic mass is 32.2. The molecule has 1 N–H and O–H groups in total. The van der Waals surface area contributed by atoms with Gasteiger partial charge in [-0.25, -0.2) is 21.6 Å². The van der Waals surface area contributed by atoms with Crippen LogP contribution in [-0.4, -0.2) is 8.42 Å². The summed E-state index contributed by atoms with van der Waals surface area (Å²) in [6, 6.07) is 2.81. The summed E-state index contributed by atoms with van der Waals surface area (Å²) in [6.45, 7) is 0. The van der Waals surface area contributed by atoms with Crippen molar-refractivity contribution in [3.05, 3.63) is 59.4 Å². The molecule has 10 heteroatoms. The number of sulfonamides is 1. The van der Waals surface area contributed by atoms with Crippen LogP contribution in [0.3, 0.4) is 0 Å². The van der Waals surface area contributed by atoms with Gasteiger partial charge in [-0.3, -0.25) is 4.72 Å². The maximum absolute atomic E-state index is 13.1. The van der Waals surface area contributed by atoms with Gasteiger partial charge in [-0.2, -0.15) is 13.2 Å². The molecule has 0 saturated heterocycles. The first-order valence-electron chi connectivity index (χ1n) is 5.85. The first kappa shape index (κ1) is 17.1. The normalized spacial score (nSPS) is 12.3. The van der Waals surface area contributed by atoms with E-state index in [1.165, 1.54) is 0 Å². The third-order valence-corrected chi connectivity index (χ3v) is 4.03. The molecule has 124 valence electrons. The zero-order chi connectivity index (χ0) is 17.4. The monoisotopic (exact) mass is 355 g/mol. The van der Waals surface area contributed by atoms with Gasteiger partial charge in [-0.05, 0) is 30.3 Å². The zero-order valence-electron chi connectivity index (χ0n) is 11.0. The SMILES string of the molecule is O=S(=O)(Nc1ccc(F)c(C(F)(F)F)c1)c1cc(F)cc(F)c1. The van der Waals surface area contributed by atoms with Crippen molar-refractivity contribution in [2.24, 2.45) is 0 Å². The molecule has 2 aromatic rings. The molecular formula is C13H7F6NO2S. The number of alkyl halides is 3. The second-order valence-electron chi connectivity index (χ2n) is 4.40. The molecular weight excluding hydrogens is 348 g/mol. The molecule has 0 saturated carbocycles. The van der Waals surface area contributed by atoms with E-state index in [0.717, 1.165) is 6.07 Å². The standard InChI is InChI=1S/C13H7F6NO2S/c14-7-3-8(15)5-10(4-7)23(21,22)20-9-1-2-12(16)11(6-9)13(17,18)19/h1-6,20H. The van der Waals surface area contributed by atoms with Gasteiger partial charge in [-0.15, -0.1) is 0 Å². The maximum Gasteiger partial charge on any atom is 0.419 e. The van der Waals surface area contributed by atoms with Crippen molar-refractivity contribution >= 4 is 15.7 Å². The fourth-order valence-corrected chi connectivity index (χ4v) is 2.79. The van der Waals surface area contributed by atoms with Crippen molar-refractivity contribution < 1.29 is 34.8 Å². The van der Waals surface area contributed by atoms with Gasteiger partial charge in [0, 0.05) is 11.8 Å². The molecule has 0 atom stereocenters. The average molecular weight is 355 g/mol. The van der Waals surface area contributed by atoms with Gasteiger partial charge >= 0.3 is 6.18 Å². The number of nitrogens with one attached hydrogen (secondary N) is 1. The smallest absolute Gasteiger partial charge is 0.280 e. The molecule has 0 amide bonds. The highest BCUT2D eigenvalue weighted by molar-refractivity contribution is 7.92. The van der Waals surface area contributed by atoms with Gasteiger partial charge in [0.25, 0.3) is 10.0 Å². The van der Waals surface area contributed by atoms with Crippen LogP contribution < -0.4 is 4.72 Å². The van der Waals surface area contributed by atoms with E-state index in [-0.39, 0.29) is 6.07 Å². The molecule has 0 radical (unpaired) electrons. The zero-order valence-corrected chi connectivity index (χ0v) is 11.8. The van der Waals surface area contributed by atoms with Crippen LogP contribution in [0.15, 0.2) is 41.3 Å². The van der Waals surface area contributed by atoms with Crippen molar-refractivity contribution in [1.82, 2.24) is 0 Å². The number of hydrogen-bond acceptors (Lipinski definition) is 2. The van der Waals surface area contributed by atoms with E-state index in [1.54, 1.807) is 4.72 Å². The van der Waals surface area contributed by atoms with E-state index in [1.807, 2.05) is 0 Å². The molecule has 0 aromatic heterocycles. The largest absolute Gasteiger partial charge is 0.419 e. The van der Waals surface area contributed by atoms with Gasteiger partial charge in [0.15, 0.2) is 0 Å². The minimum Gasteiger partial charge on any atom is -0.280 e. The lowest BCUT2D eigenvalue weighted by Gasteiger charge is -2.12. The molecule has 2 rings (SSSR count). The molecule has 0 bridgehead atoms. The number of halogens is 6. The van der Waals surface area contributed by atoms with Crippen molar-refractivity contribution in [3.63, 3.8) is 0 Å². The van der Waals surface area contributed by atoms with Crippen LogP contribution in [0.4, 0.5) is 32.0 Å². The van der Waals surface area contributed by atoms with E-state index in [0.29, 0.717) is 24.3 Å². The van der Waals surface area contributed by atoms with Gasteiger partial charge in [-0.1, -0.05) is 0 Å². The Balaban J connectivity index is 2.42. The quantitative estimate of drug-likeness (QED) is 0.849. The molecule has 0 aliphatic carbocycles. The molecule has 2 aromatic carbocycles. The van der Waals surface area contributed by atoms with Crippen LogP contribution >= 0.6 is 0 Å². The first-order chi connectivity index (χ1) is 10.5. The summed E-state index contributed by atoms with van der Waals surface area (Å²) in [5.41, 5.74) is -2.29. The van der Waals surface area contributed by atoms with Crippen molar-refractivity contribution in [2.75, 3.05) is 4.72 Å². The van der Waals surface area contributed by atoms with Gasteiger partial charge < -0.3 is 0 Å². The predicted molar refractivity (Wildman–Crippen MR) is 68.6 cm³/mol. The highest BCUT2D eigenvalue weighted by Gasteiger charge is 2.34. The van der Waals surface area contributed by atoms with Gasteiger partial charge in [0.05, 0.1) is 10.5 Å². The predicted octanol–water partition coefficient (Wildman–Crippen LogP) is 3.92. The lowest BCUT2D eigenvalue weighted by molar-refractivity contribution is -0.139. The van der Waals surface area contributed by atoms with E-state index < -0.39 is 49.8 Å². The Morgan fingerprint density at radius 1 is 0.870 bits per heavy atom. The van der Waals surface area contributed by atoms with Crippen LogP contribution in [0.25, 0.3) is 0 Å². The van der Waals surface area contributed by atoms with Crippen molar-refractivity contribution in [2.45, 2.75) is 11.1 Å². The Labute approximate surface area is 126 Å². The Kier molecular flexibility index (Phi) is 4.29. The molecule has 3 nitrogen and oxygen atoms in total. The summed E-state index contributed by atoms with van der Waals surface area (Å²) in [5, 5.41) is 0. The van der Waals surface area contributed by atoms with Gasteiger partial charge in [0.2, 0.25) is 0 Å². The topological polar surface area (TPSA) is 46.2 Å². The molecule has 0 aliphatic heterocycles. The minimum absolute atomic E-state index is 0.239. The summed E-state index contributed by atoms with van der Waals surface area (Å²) in [5.74, 6) is -3.95. The Hall–Kier alpha value is -2.23. The fraction of sp³-hybridized carbons (Fsp3) is 0.0769. The summed E-state index contributed by atoms with van der Waals surface area (Å²) < 4.78 is 102. The van der Waals surface area contributed by atoms with Crippen molar-refractivity contribution in [1.29, 1.82) is 0 Å². The second-order valence-corrected chi connectivity index (χ2v) is 6.09. The second kappa shape index (κ2) is 5.76. The number of benzene rings is 2. The third-order valence-electron chi connectivity index (χ3n) is 2.67. The maximum atomic E-state index is 13.1. The Morgan fingerprint density at radius 3 is 1.96 bits per heavy atom. The molecule has 0 spiro atoms. The van der Waals surface area contributed by atoms with Gasteiger partial charge in [0.1, 0.15) is 17.5 Å². The number of anilines is 1. The van der Waals surface area contributed by atoms with Crippen LogP contribution in [0.2, 0.25) is 0 Å². The fourth-order valence-electron chi connectivity index (χ4n) is 1.70. The average Bonchev–Trinajstić information content (AvgIpc) is 2.38. The third kappa shape index (κ3) is 3.95. The Morgan fingerprint density at radius 2 is 1.43 bits per heavy atom. The summed E-state index contributed by atoms with van der Waals surface area (Å²) in [6.07, 6.45) is -5.03. The molecule has 0 fully saturated rings. The van der Waals surface area contributed by atoms with Crippen LogP contribution in [0.5, 0.6) is 0 Å². The molecule has 0 unspecified atom stereocenters. The first-order valence-corrected chi connectivity index (χ1v) is 7.33. The summed E-state index contributed by atoms with van der Waals surface area (Å²) in [7, 11) is -4.55.